The van der Waals surface area contributed by atoms with Gasteiger partial charge in [-0.15, -0.1) is 0 Å². The molecule has 1 aliphatic rings. The number of benzene rings is 1. The Morgan fingerprint density at radius 2 is 1.77 bits per heavy atom. The van der Waals surface area contributed by atoms with E-state index in [1.165, 1.54) is 6.07 Å². The monoisotopic (exact) mass is 425 g/mol. The Morgan fingerprint density at radius 1 is 1.13 bits per heavy atom. The molecule has 162 valence electrons. The molecule has 30 heavy (non-hydrogen) atoms. The molecule has 2 N–H and O–H groups in total. The van der Waals surface area contributed by atoms with Crippen LogP contribution in [0.1, 0.15) is 29.6 Å². The lowest BCUT2D eigenvalue weighted by atomic mass is 9.75. The van der Waals surface area contributed by atoms with Crippen LogP contribution in [0, 0.1) is 27.9 Å². The number of aliphatic carboxylic acids is 2. The van der Waals surface area contributed by atoms with E-state index in [9.17, 15) is 29.3 Å². The lowest BCUT2D eigenvalue weighted by molar-refractivity contribution is -0.388. The van der Waals surface area contributed by atoms with Crippen molar-refractivity contribution in [3.63, 3.8) is 0 Å². The molecule has 1 aliphatic heterocycles. The molecule has 1 aromatic carbocycles. The molecule has 2 rings (SSSR count). The molecule has 1 fully saturated rings. The Balaban J connectivity index is 2.05. The summed E-state index contributed by atoms with van der Waals surface area (Å²) in [5.41, 5.74) is -0.556. The molecule has 0 spiro atoms. The van der Waals surface area contributed by atoms with Gasteiger partial charge < -0.3 is 14.9 Å². The van der Waals surface area contributed by atoms with Crippen molar-refractivity contribution in [3.05, 3.63) is 33.9 Å². The minimum Gasteiger partial charge on any atom is -0.481 e. The quantitative estimate of drug-likeness (QED) is 0.240. The summed E-state index contributed by atoms with van der Waals surface area (Å²) in [7, 11) is 0. The van der Waals surface area contributed by atoms with E-state index in [0.717, 1.165) is 12.1 Å². The van der Waals surface area contributed by atoms with Crippen molar-refractivity contribution < 1.29 is 48.8 Å². The number of carboxylic acid groups (broad SMARTS) is 2. The molecule has 1 aromatic rings. The molecule has 0 bridgehead atoms. The molecular weight excluding hydrogens is 406 g/mol. The number of nitro groups is 1. The van der Waals surface area contributed by atoms with Crippen molar-refractivity contribution in [2.24, 2.45) is 17.8 Å². The minimum atomic E-state index is -1.14. The Bertz CT molecular complexity index is 837. The number of hydrogen-bond donors (Lipinski definition) is 2. The third kappa shape index (κ3) is 6.24. The van der Waals surface area contributed by atoms with Crippen LogP contribution in [0.5, 0.6) is 5.75 Å². The van der Waals surface area contributed by atoms with Crippen LogP contribution in [-0.2, 0) is 24.0 Å². The van der Waals surface area contributed by atoms with Gasteiger partial charge in [0.25, 0.3) is 5.75 Å². The Morgan fingerprint density at radius 3 is 2.33 bits per heavy atom. The molecule has 1 heterocycles. The third-order valence-electron chi connectivity index (χ3n) is 4.69. The molecule has 0 radical (unpaired) electrons. The molecule has 12 heteroatoms. The number of ether oxygens (including phenoxy) is 1. The molecule has 12 nitrogen and oxygen atoms in total. The molecule has 0 aromatic heterocycles. The van der Waals surface area contributed by atoms with Gasteiger partial charge in [-0.05, 0) is 29.9 Å². The van der Waals surface area contributed by atoms with E-state index in [1.807, 2.05) is 0 Å². The molecule has 0 aliphatic carbocycles. The van der Waals surface area contributed by atoms with Gasteiger partial charge in [0.1, 0.15) is 6.29 Å². The summed E-state index contributed by atoms with van der Waals surface area (Å²) in [5.74, 6) is -5.46. The highest BCUT2D eigenvalue weighted by atomic mass is 17.2. The first-order chi connectivity index (χ1) is 14.2. The fourth-order valence-corrected chi connectivity index (χ4v) is 3.34. The Hall–Kier alpha value is -3.54. The van der Waals surface area contributed by atoms with E-state index in [-0.39, 0.29) is 38.0 Å². The zero-order valence-electron chi connectivity index (χ0n) is 15.6. The Kier molecular flexibility index (Phi) is 7.81. The van der Waals surface area contributed by atoms with E-state index in [2.05, 4.69) is 4.89 Å². The highest BCUT2D eigenvalue weighted by Gasteiger charge is 2.38. The summed E-state index contributed by atoms with van der Waals surface area (Å²) in [5, 5.41) is 29.2. The fourth-order valence-electron chi connectivity index (χ4n) is 3.34. The van der Waals surface area contributed by atoms with E-state index in [0.29, 0.717) is 6.29 Å². The van der Waals surface area contributed by atoms with Crippen molar-refractivity contribution in [1.82, 2.24) is 0 Å². The van der Waals surface area contributed by atoms with Crippen LogP contribution in [0.2, 0.25) is 0 Å². The average Bonchev–Trinajstić information content (AvgIpc) is 2.68. The molecular formula is C18H19NO11. The number of carboxylic acids is 2. The smallest absolute Gasteiger partial charge is 0.355 e. The zero-order chi connectivity index (χ0) is 22.3. The number of hydrogen-bond acceptors (Lipinski definition) is 9. The summed E-state index contributed by atoms with van der Waals surface area (Å²) in [4.78, 5) is 64.7. The fraction of sp³-hybridized carbons (Fsp3) is 0.444. The lowest BCUT2D eigenvalue weighted by Crippen LogP contribution is -2.39. The largest absolute Gasteiger partial charge is 0.481 e. The van der Waals surface area contributed by atoms with Gasteiger partial charge in [0.05, 0.1) is 31.0 Å². The van der Waals surface area contributed by atoms with E-state index in [4.69, 9.17) is 19.8 Å². The lowest BCUT2D eigenvalue weighted by Gasteiger charge is -2.36. The number of nitro benzene ring substituents is 1. The zero-order valence-corrected chi connectivity index (χ0v) is 15.6. The maximum atomic E-state index is 12.2. The summed E-state index contributed by atoms with van der Waals surface area (Å²) in [6, 6.07) is 3.27. The van der Waals surface area contributed by atoms with Gasteiger partial charge in [-0.1, -0.05) is 0 Å². The molecule has 3 atom stereocenters. The van der Waals surface area contributed by atoms with Crippen LogP contribution in [0.15, 0.2) is 18.2 Å². The van der Waals surface area contributed by atoms with Gasteiger partial charge in [-0.2, -0.15) is 0 Å². The van der Waals surface area contributed by atoms with Gasteiger partial charge in [0.2, 0.25) is 0 Å². The third-order valence-corrected chi connectivity index (χ3v) is 4.69. The highest BCUT2D eigenvalue weighted by molar-refractivity contribution is 5.77. The predicted octanol–water partition coefficient (Wildman–Crippen LogP) is 1.46. The second-order valence-corrected chi connectivity index (χ2v) is 6.76. The van der Waals surface area contributed by atoms with Crippen LogP contribution in [0.4, 0.5) is 5.69 Å². The van der Waals surface area contributed by atoms with Gasteiger partial charge in [-0.25, -0.2) is 4.79 Å². The molecule has 3 unspecified atom stereocenters. The number of rotatable bonds is 10. The van der Waals surface area contributed by atoms with Crippen LogP contribution in [0.3, 0.4) is 0 Å². The number of carbonyl (C=O) groups excluding carboxylic acids is 2. The van der Waals surface area contributed by atoms with Gasteiger partial charge in [0.15, 0.2) is 0 Å². The number of carbonyl (C=O) groups is 4. The maximum absolute atomic E-state index is 12.2. The highest BCUT2D eigenvalue weighted by Crippen LogP contribution is 2.35. The maximum Gasteiger partial charge on any atom is 0.355 e. The second-order valence-electron chi connectivity index (χ2n) is 6.76. The predicted molar refractivity (Wildman–Crippen MR) is 95.6 cm³/mol. The normalized spacial score (nSPS) is 20.7. The van der Waals surface area contributed by atoms with Crippen LogP contribution in [-0.4, -0.2) is 52.5 Å². The van der Waals surface area contributed by atoms with E-state index in [1.54, 1.807) is 0 Å². The Labute approximate surface area is 169 Å². The van der Waals surface area contributed by atoms with Gasteiger partial charge in [-0.3, -0.25) is 34.3 Å². The summed E-state index contributed by atoms with van der Waals surface area (Å²) < 4.78 is 5.32. The van der Waals surface area contributed by atoms with E-state index >= 15 is 0 Å². The van der Waals surface area contributed by atoms with Crippen LogP contribution in [0.25, 0.3) is 0 Å². The second kappa shape index (κ2) is 10.3. The molecule has 0 saturated carbocycles. The van der Waals surface area contributed by atoms with E-state index < -0.39 is 52.0 Å². The van der Waals surface area contributed by atoms with Crippen molar-refractivity contribution in [2.75, 3.05) is 13.2 Å². The summed E-state index contributed by atoms with van der Waals surface area (Å²) >= 11 is 0. The van der Waals surface area contributed by atoms with Crippen molar-refractivity contribution in [1.29, 1.82) is 0 Å². The first kappa shape index (κ1) is 22.7. The topological polar surface area (TPSA) is 180 Å². The molecule has 1 saturated heterocycles. The van der Waals surface area contributed by atoms with Crippen molar-refractivity contribution >= 4 is 29.9 Å². The van der Waals surface area contributed by atoms with Crippen LogP contribution >= 0.6 is 0 Å². The number of aldehydes is 1. The van der Waals surface area contributed by atoms with Gasteiger partial charge >= 0.3 is 23.6 Å². The molecule has 0 amide bonds. The number of nitrogens with zero attached hydrogens (tertiary/aromatic N) is 1. The van der Waals surface area contributed by atoms with Crippen molar-refractivity contribution in [3.8, 4) is 5.75 Å². The summed E-state index contributed by atoms with van der Waals surface area (Å²) in [6.45, 7) is 0.0823. The SMILES string of the molecule is O=Cc1ccc(OOC(=O)CC2COCC(CC(=O)O)C2CC(=O)O)c([N+](=O)[O-])c1. The minimum absolute atomic E-state index is 0.0251. The average molecular weight is 425 g/mol. The first-order valence-electron chi connectivity index (χ1n) is 8.83. The van der Waals surface area contributed by atoms with Gasteiger partial charge in [0, 0.05) is 18.1 Å². The summed E-state index contributed by atoms with van der Waals surface area (Å²) in [6.07, 6.45) is -0.593. The van der Waals surface area contributed by atoms with Crippen molar-refractivity contribution in [2.45, 2.75) is 19.3 Å². The first-order valence-corrected chi connectivity index (χ1v) is 8.83. The standard InChI is InChI=1S/C18H19NO11/c20-7-10-1-2-15(14(3-10)19(26)27)29-30-18(25)5-12-9-28-8-11(4-16(21)22)13(12)6-17(23)24/h1-3,7,11-13H,4-6,8-9H2,(H,21,22)(H,23,24). The van der Waals surface area contributed by atoms with Crippen LogP contribution < -0.4 is 4.89 Å².